The van der Waals surface area contributed by atoms with Crippen LogP contribution in [0, 0.1) is 0 Å². The quantitative estimate of drug-likeness (QED) is 0.633. The first-order valence-corrected chi connectivity index (χ1v) is 5.01. The maximum Gasteiger partial charge on any atom is 0.239 e. The van der Waals surface area contributed by atoms with Crippen molar-refractivity contribution in [2.24, 2.45) is 0 Å². The molecule has 0 saturated heterocycles. The molecule has 0 fully saturated rings. The Morgan fingerprint density at radius 3 is 2.38 bits per heavy atom. The summed E-state index contributed by atoms with van der Waals surface area (Å²) in [6, 6.07) is 0.00144. The molecule has 1 unspecified atom stereocenters. The van der Waals surface area contributed by atoms with Gasteiger partial charge >= 0.3 is 0 Å². The van der Waals surface area contributed by atoms with E-state index in [-0.39, 0.29) is 11.9 Å². The summed E-state index contributed by atoms with van der Waals surface area (Å²) in [6.07, 6.45) is 4.48. The molecule has 1 amide bonds. The molecular weight excluding hydrogens is 164 g/mol. The van der Waals surface area contributed by atoms with Gasteiger partial charge in [-0.3, -0.25) is 4.79 Å². The summed E-state index contributed by atoms with van der Waals surface area (Å²) in [7, 11) is 5.44. The fourth-order valence-corrected chi connectivity index (χ4v) is 1.30. The highest BCUT2D eigenvalue weighted by atomic mass is 16.2. The molecule has 0 spiro atoms. The minimum atomic E-state index is 0.00144. The minimum absolute atomic E-state index is 0.00144. The van der Waals surface area contributed by atoms with E-state index in [0.717, 1.165) is 12.8 Å². The van der Waals surface area contributed by atoms with Gasteiger partial charge in [-0.1, -0.05) is 26.2 Å². The highest BCUT2D eigenvalue weighted by molar-refractivity contribution is 5.81. The third-order valence-corrected chi connectivity index (χ3v) is 2.18. The maximum absolute atomic E-state index is 11.5. The molecule has 0 bridgehead atoms. The zero-order valence-corrected chi connectivity index (χ0v) is 9.26. The molecule has 3 nitrogen and oxygen atoms in total. The SMILES string of the molecule is CCCCCC(NC)C(=O)N(C)C. The van der Waals surface area contributed by atoms with Gasteiger partial charge in [-0.2, -0.15) is 0 Å². The Kier molecular flexibility index (Phi) is 6.59. The van der Waals surface area contributed by atoms with Crippen LogP contribution in [-0.2, 0) is 4.79 Å². The smallest absolute Gasteiger partial charge is 0.239 e. The number of amides is 1. The molecule has 0 heterocycles. The molecule has 13 heavy (non-hydrogen) atoms. The Hall–Kier alpha value is -0.570. The highest BCUT2D eigenvalue weighted by Crippen LogP contribution is 2.04. The summed E-state index contributed by atoms with van der Waals surface area (Å²) in [5.74, 6) is 0.179. The highest BCUT2D eigenvalue weighted by Gasteiger charge is 2.16. The molecule has 0 aliphatic carbocycles. The molecule has 3 heteroatoms. The lowest BCUT2D eigenvalue weighted by molar-refractivity contribution is -0.130. The first kappa shape index (κ1) is 12.4. The molecule has 78 valence electrons. The first-order chi connectivity index (χ1) is 6.13. The van der Waals surface area contributed by atoms with E-state index >= 15 is 0 Å². The molecular formula is C10H22N2O. The zero-order chi connectivity index (χ0) is 10.3. The number of unbranched alkanes of at least 4 members (excludes halogenated alkanes) is 2. The second kappa shape index (κ2) is 6.89. The largest absolute Gasteiger partial charge is 0.347 e. The van der Waals surface area contributed by atoms with Crippen LogP contribution in [0.3, 0.4) is 0 Å². The number of rotatable bonds is 6. The summed E-state index contributed by atoms with van der Waals surface area (Å²) in [5, 5.41) is 3.05. The first-order valence-electron chi connectivity index (χ1n) is 5.01. The van der Waals surface area contributed by atoms with Gasteiger partial charge in [0, 0.05) is 14.1 Å². The fourth-order valence-electron chi connectivity index (χ4n) is 1.30. The van der Waals surface area contributed by atoms with Gasteiger partial charge in [0.25, 0.3) is 0 Å². The van der Waals surface area contributed by atoms with Gasteiger partial charge in [0.05, 0.1) is 6.04 Å². The monoisotopic (exact) mass is 186 g/mol. The van der Waals surface area contributed by atoms with Crippen LogP contribution < -0.4 is 5.32 Å². The normalized spacial score (nSPS) is 12.6. The summed E-state index contributed by atoms with van der Waals surface area (Å²) in [4.78, 5) is 13.2. The summed E-state index contributed by atoms with van der Waals surface area (Å²) >= 11 is 0. The van der Waals surface area contributed by atoms with E-state index < -0.39 is 0 Å². The summed E-state index contributed by atoms with van der Waals surface area (Å²) < 4.78 is 0. The number of carbonyl (C=O) groups is 1. The van der Waals surface area contributed by atoms with Crippen molar-refractivity contribution >= 4 is 5.91 Å². The maximum atomic E-state index is 11.5. The van der Waals surface area contributed by atoms with E-state index in [0.29, 0.717) is 0 Å². The van der Waals surface area contributed by atoms with Crippen molar-refractivity contribution in [3.8, 4) is 0 Å². The van der Waals surface area contributed by atoms with Crippen LogP contribution in [-0.4, -0.2) is 38.0 Å². The average Bonchev–Trinajstić information content (AvgIpc) is 2.11. The Labute approximate surface area is 81.5 Å². The van der Waals surface area contributed by atoms with Gasteiger partial charge in [0.1, 0.15) is 0 Å². The third kappa shape index (κ3) is 4.88. The molecule has 0 saturated carbocycles. The molecule has 0 aromatic heterocycles. The van der Waals surface area contributed by atoms with E-state index in [4.69, 9.17) is 0 Å². The van der Waals surface area contributed by atoms with Gasteiger partial charge in [-0.05, 0) is 13.5 Å². The van der Waals surface area contributed by atoms with Crippen molar-refractivity contribution in [2.75, 3.05) is 21.1 Å². The summed E-state index contributed by atoms with van der Waals surface area (Å²) in [6.45, 7) is 2.17. The van der Waals surface area contributed by atoms with Crippen LogP contribution in [0.1, 0.15) is 32.6 Å². The molecule has 0 radical (unpaired) electrons. The van der Waals surface area contributed by atoms with Crippen LogP contribution in [0.25, 0.3) is 0 Å². The van der Waals surface area contributed by atoms with Crippen molar-refractivity contribution < 1.29 is 4.79 Å². The predicted octanol–water partition coefficient (Wildman–Crippen LogP) is 1.24. The Balaban J connectivity index is 3.81. The fraction of sp³-hybridized carbons (Fsp3) is 0.900. The Morgan fingerprint density at radius 1 is 1.38 bits per heavy atom. The minimum Gasteiger partial charge on any atom is -0.347 e. The number of nitrogens with zero attached hydrogens (tertiary/aromatic N) is 1. The lowest BCUT2D eigenvalue weighted by Crippen LogP contribution is -2.41. The van der Waals surface area contributed by atoms with E-state index in [1.807, 2.05) is 7.05 Å². The molecule has 0 aliphatic heterocycles. The third-order valence-electron chi connectivity index (χ3n) is 2.18. The van der Waals surface area contributed by atoms with Gasteiger partial charge in [-0.15, -0.1) is 0 Å². The van der Waals surface area contributed by atoms with Crippen LogP contribution in [0.5, 0.6) is 0 Å². The lowest BCUT2D eigenvalue weighted by Gasteiger charge is -2.19. The topological polar surface area (TPSA) is 32.3 Å². The Bertz CT molecular complexity index is 146. The van der Waals surface area contributed by atoms with E-state index in [1.54, 1.807) is 19.0 Å². The van der Waals surface area contributed by atoms with Crippen molar-refractivity contribution in [1.82, 2.24) is 10.2 Å². The molecule has 1 N–H and O–H groups in total. The standard InChI is InChI=1S/C10H22N2O/c1-5-6-7-8-9(11-2)10(13)12(3)4/h9,11H,5-8H2,1-4H3. The van der Waals surface area contributed by atoms with Crippen LogP contribution in [0.15, 0.2) is 0 Å². The van der Waals surface area contributed by atoms with E-state index in [9.17, 15) is 4.79 Å². The van der Waals surface area contributed by atoms with Crippen molar-refractivity contribution in [3.05, 3.63) is 0 Å². The Morgan fingerprint density at radius 2 is 2.00 bits per heavy atom. The number of hydrogen-bond acceptors (Lipinski definition) is 2. The van der Waals surface area contributed by atoms with E-state index in [1.165, 1.54) is 12.8 Å². The van der Waals surface area contributed by atoms with Gasteiger partial charge in [0.2, 0.25) is 5.91 Å². The second-order valence-electron chi connectivity index (χ2n) is 3.57. The number of carbonyl (C=O) groups excluding carboxylic acids is 1. The van der Waals surface area contributed by atoms with Crippen LogP contribution in [0.2, 0.25) is 0 Å². The summed E-state index contributed by atoms with van der Waals surface area (Å²) in [5.41, 5.74) is 0. The predicted molar refractivity (Wildman–Crippen MR) is 55.7 cm³/mol. The van der Waals surface area contributed by atoms with Gasteiger partial charge in [0.15, 0.2) is 0 Å². The van der Waals surface area contributed by atoms with Crippen molar-refractivity contribution in [3.63, 3.8) is 0 Å². The second-order valence-corrected chi connectivity index (χ2v) is 3.57. The molecule has 0 aliphatic rings. The van der Waals surface area contributed by atoms with Crippen molar-refractivity contribution in [1.29, 1.82) is 0 Å². The van der Waals surface area contributed by atoms with Crippen molar-refractivity contribution in [2.45, 2.75) is 38.6 Å². The number of nitrogens with one attached hydrogen (secondary N) is 1. The van der Waals surface area contributed by atoms with Gasteiger partial charge in [-0.25, -0.2) is 0 Å². The van der Waals surface area contributed by atoms with E-state index in [2.05, 4.69) is 12.2 Å². The molecule has 0 aromatic rings. The lowest BCUT2D eigenvalue weighted by atomic mass is 10.1. The zero-order valence-electron chi connectivity index (χ0n) is 9.26. The molecule has 1 atom stereocenters. The molecule has 0 rings (SSSR count). The van der Waals surface area contributed by atoms with Crippen LogP contribution in [0.4, 0.5) is 0 Å². The number of hydrogen-bond donors (Lipinski definition) is 1. The average molecular weight is 186 g/mol. The molecule has 0 aromatic carbocycles. The van der Waals surface area contributed by atoms with Gasteiger partial charge < -0.3 is 10.2 Å². The van der Waals surface area contributed by atoms with Crippen LogP contribution >= 0.6 is 0 Å². The number of likely N-dealkylation sites (N-methyl/N-ethyl adjacent to an activating group) is 2.